The number of methoxy groups -OCH3 is 1. The maximum absolute atomic E-state index is 12.6. The van der Waals surface area contributed by atoms with Crippen LogP contribution >= 0.6 is 11.6 Å². The molecule has 1 aliphatic rings. The van der Waals surface area contributed by atoms with E-state index in [4.69, 9.17) is 25.8 Å². The van der Waals surface area contributed by atoms with Gasteiger partial charge in [0.1, 0.15) is 5.75 Å². The van der Waals surface area contributed by atoms with E-state index in [2.05, 4.69) is 5.32 Å². The van der Waals surface area contributed by atoms with Gasteiger partial charge < -0.3 is 19.5 Å². The molecule has 1 fully saturated rings. The van der Waals surface area contributed by atoms with Gasteiger partial charge in [0.25, 0.3) is 5.91 Å². The Hall–Kier alpha value is -1.39. The van der Waals surface area contributed by atoms with Crippen LogP contribution in [0.25, 0.3) is 0 Å². The lowest BCUT2D eigenvalue weighted by atomic mass is 10.3. The number of carbonyl (C=O) groups is 1. The van der Waals surface area contributed by atoms with E-state index in [1.54, 1.807) is 0 Å². The molecule has 0 aromatic heterocycles. The topological polar surface area (TPSA) is 94.2 Å². The van der Waals surface area contributed by atoms with Crippen molar-refractivity contribution in [3.8, 4) is 5.75 Å². The lowest BCUT2D eigenvalue weighted by Crippen LogP contribution is -2.40. The average Bonchev–Trinajstić information content (AvgIpc) is 2.61. The number of ether oxygens (including phenoxy) is 3. The minimum atomic E-state index is -3.63. The molecule has 1 N–H and O–H groups in total. The summed E-state index contributed by atoms with van der Waals surface area (Å²) in [5.74, 6) is -0.0809. The lowest BCUT2D eigenvalue weighted by Gasteiger charge is -2.26. The van der Waals surface area contributed by atoms with E-state index in [1.165, 1.54) is 29.6 Å². The van der Waals surface area contributed by atoms with Gasteiger partial charge in [0.05, 0.1) is 29.7 Å². The van der Waals surface area contributed by atoms with Crippen LogP contribution in [0.4, 0.5) is 0 Å². The first kappa shape index (κ1) is 19.9. The quantitative estimate of drug-likeness (QED) is 0.647. The monoisotopic (exact) mass is 392 g/mol. The highest BCUT2D eigenvalue weighted by molar-refractivity contribution is 7.89. The van der Waals surface area contributed by atoms with E-state index >= 15 is 0 Å². The maximum Gasteiger partial charge on any atom is 0.258 e. The van der Waals surface area contributed by atoms with Gasteiger partial charge in [-0.05, 0) is 18.2 Å². The average molecular weight is 393 g/mol. The fraction of sp³-hybridized carbons (Fsp3) is 0.533. The van der Waals surface area contributed by atoms with Crippen molar-refractivity contribution < 1.29 is 27.4 Å². The Balaban J connectivity index is 1.99. The van der Waals surface area contributed by atoms with Gasteiger partial charge in [0, 0.05) is 26.7 Å². The minimum absolute atomic E-state index is 0.0799. The van der Waals surface area contributed by atoms with Crippen molar-refractivity contribution >= 4 is 27.5 Å². The SMILES string of the molecule is COCCNC(=O)COc1ccc(S(=O)(=O)N2CCOCC2)cc1Cl. The molecule has 0 bridgehead atoms. The zero-order valence-corrected chi connectivity index (χ0v) is 15.4. The van der Waals surface area contributed by atoms with Crippen molar-refractivity contribution in [1.82, 2.24) is 9.62 Å². The van der Waals surface area contributed by atoms with Crippen LogP contribution in [0.3, 0.4) is 0 Å². The molecule has 1 saturated heterocycles. The van der Waals surface area contributed by atoms with Gasteiger partial charge in [0.2, 0.25) is 10.0 Å². The van der Waals surface area contributed by atoms with Crippen LogP contribution in [0.15, 0.2) is 23.1 Å². The number of rotatable bonds is 8. The van der Waals surface area contributed by atoms with E-state index in [9.17, 15) is 13.2 Å². The molecule has 10 heteroatoms. The smallest absolute Gasteiger partial charge is 0.258 e. The van der Waals surface area contributed by atoms with Crippen molar-refractivity contribution in [2.75, 3.05) is 53.2 Å². The van der Waals surface area contributed by atoms with Crippen LogP contribution in [0.1, 0.15) is 0 Å². The summed E-state index contributed by atoms with van der Waals surface area (Å²) in [6.07, 6.45) is 0. The Kier molecular flexibility index (Phi) is 7.45. The standard InChI is InChI=1S/C15H21ClN2O6S/c1-22-7-4-17-15(19)11-24-14-3-2-12(10-13(14)16)25(20,21)18-5-8-23-9-6-18/h2-3,10H,4-9,11H2,1H3,(H,17,19). The first-order valence-corrected chi connectivity index (χ1v) is 9.53. The van der Waals surface area contributed by atoms with Crippen LogP contribution < -0.4 is 10.1 Å². The summed E-state index contributed by atoms with van der Waals surface area (Å²) in [5, 5.41) is 2.73. The Morgan fingerprint density at radius 2 is 2.08 bits per heavy atom. The number of carbonyl (C=O) groups excluding carboxylic acids is 1. The second-order valence-corrected chi connectivity index (χ2v) is 7.59. The predicted octanol–water partition coefficient (Wildman–Crippen LogP) is 0.502. The number of benzene rings is 1. The molecule has 0 spiro atoms. The van der Waals surface area contributed by atoms with E-state index < -0.39 is 10.0 Å². The van der Waals surface area contributed by atoms with Crippen LogP contribution in [0.5, 0.6) is 5.75 Å². The first-order chi connectivity index (χ1) is 11.9. The van der Waals surface area contributed by atoms with E-state index in [-0.39, 0.29) is 28.2 Å². The molecule has 0 saturated carbocycles. The molecule has 140 valence electrons. The van der Waals surface area contributed by atoms with Crippen molar-refractivity contribution in [2.45, 2.75) is 4.90 Å². The summed E-state index contributed by atoms with van der Waals surface area (Å²) >= 11 is 6.10. The molecule has 1 aromatic carbocycles. The van der Waals surface area contributed by atoms with Crippen molar-refractivity contribution in [3.05, 3.63) is 23.2 Å². The lowest BCUT2D eigenvalue weighted by molar-refractivity contribution is -0.123. The molecule has 0 atom stereocenters. The van der Waals surface area contributed by atoms with Gasteiger partial charge in [-0.3, -0.25) is 4.79 Å². The minimum Gasteiger partial charge on any atom is -0.482 e. The molecule has 8 nitrogen and oxygen atoms in total. The molecule has 25 heavy (non-hydrogen) atoms. The summed E-state index contributed by atoms with van der Waals surface area (Å²) in [7, 11) is -2.09. The largest absolute Gasteiger partial charge is 0.482 e. The summed E-state index contributed by atoms with van der Waals surface area (Å²) < 4.78 is 41.8. The van der Waals surface area contributed by atoms with E-state index in [1.807, 2.05) is 0 Å². The number of amides is 1. The Morgan fingerprint density at radius 3 is 2.72 bits per heavy atom. The van der Waals surface area contributed by atoms with Gasteiger partial charge in [-0.2, -0.15) is 4.31 Å². The van der Waals surface area contributed by atoms with Gasteiger partial charge in [-0.1, -0.05) is 11.6 Å². The highest BCUT2D eigenvalue weighted by Gasteiger charge is 2.27. The van der Waals surface area contributed by atoms with Crippen LogP contribution in [-0.4, -0.2) is 71.8 Å². The van der Waals surface area contributed by atoms with Crippen molar-refractivity contribution in [1.29, 1.82) is 0 Å². The third-order valence-electron chi connectivity index (χ3n) is 3.50. The summed E-state index contributed by atoms with van der Waals surface area (Å²) in [6, 6.07) is 4.18. The third kappa shape index (κ3) is 5.55. The van der Waals surface area contributed by atoms with Gasteiger partial charge >= 0.3 is 0 Å². The second kappa shape index (κ2) is 9.35. The molecule has 0 radical (unpaired) electrons. The van der Waals surface area contributed by atoms with Crippen LogP contribution in [0.2, 0.25) is 5.02 Å². The molecule has 1 aromatic rings. The summed E-state index contributed by atoms with van der Waals surface area (Å²) in [4.78, 5) is 11.7. The molecule has 1 heterocycles. The molecule has 1 amide bonds. The molecule has 1 aliphatic heterocycles. The van der Waals surface area contributed by atoms with Crippen LogP contribution in [-0.2, 0) is 24.3 Å². The predicted molar refractivity (Wildman–Crippen MR) is 91.4 cm³/mol. The fourth-order valence-electron chi connectivity index (χ4n) is 2.18. The highest BCUT2D eigenvalue weighted by Crippen LogP contribution is 2.29. The van der Waals surface area contributed by atoms with Gasteiger partial charge in [0.15, 0.2) is 6.61 Å². The maximum atomic E-state index is 12.6. The number of halogens is 1. The number of hydrogen-bond donors (Lipinski definition) is 1. The summed E-state index contributed by atoms with van der Waals surface area (Å²) in [6.45, 7) is 1.90. The Labute approximate surface area is 152 Å². The van der Waals surface area contributed by atoms with Crippen molar-refractivity contribution in [3.63, 3.8) is 0 Å². The number of nitrogens with one attached hydrogen (secondary N) is 1. The number of hydrogen-bond acceptors (Lipinski definition) is 6. The van der Waals surface area contributed by atoms with Gasteiger partial charge in [-0.25, -0.2) is 8.42 Å². The second-order valence-electron chi connectivity index (χ2n) is 5.24. The number of morpholine rings is 1. The van der Waals surface area contributed by atoms with E-state index in [0.29, 0.717) is 39.5 Å². The van der Waals surface area contributed by atoms with Crippen LogP contribution in [0, 0.1) is 0 Å². The molecule has 0 aliphatic carbocycles. The molecule has 0 unspecified atom stereocenters. The zero-order valence-electron chi connectivity index (χ0n) is 13.9. The van der Waals surface area contributed by atoms with Crippen molar-refractivity contribution in [2.24, 2.45) is 0 Å². The Bertz CT molecular complexity index is 691. The highest BCUT2D eigenvalue weighted by atomic mass is 35.5. The fourth-order valence-corrected chi connectivity index (χ4v) is 3.92. The summed E-state index contributed by atoms with van der Waals surface area (Å²) in [5.41, 5.74) is 0. The molecular weight excluding hydrogens is 372 g/mol. The normalized spacial score (nSPS) is 15.8. The molecule has 2 rings (SSSR count). The molecular formula is C15H21ClN2O6S. The number of nitrogens with zero attached hydrogens (tertiary/aromatic N) is 1. The zero-order chi connectivity index (χ0) is 18.3. The number of sulfonamides is 1. The third-order valence-corrected chi connectivity index (χ3v) is 5.69. The van der Waals surface area contributed by atoms with Gasteiger partial charge in [-0.15, -0.1) is 0 Å². The first-order valence-electron chi connectivity index (χ1n) is 7.71. The van der Waals surface area contributed by atoms with E-state index in [0.717, 1.165) is 0 Å². The Morgan fingerprint density at radius 1 is 1.36 bits per heavy atom.